The molecule has 0 aliphatic heterocycles. The standard InChI is InChI=1S/C8H18O2.H2O4S/c1-2-3-4-5-7-10-8-6-9;1-5(2,3)4/h9H,2-8H2,1H3;(H2,1,2,3,4). The largest absolute Gasteiger partial charge is 0.394 e. The lowest BCUT2D eigenvalue weighted by atomic mass is 10.2. The lowest BCUT2D eigenvalue weighted by Crippen LogP contribution is -2.00. The predicted molar refractivity (Wildman–Crippen MR) is 56.2 cm³/mol. The minimum absolute atomic E-state index is 0.147. The van der Waals surface area contributed by atoms with Crippen LogP contribution in [0.3, 0.4) is 0 Å². The van der Waals surface area contributed by atoms with Crippen LogP contribution in [-0.4, -0.2) is 42.5 Å². The molecule has 0 saturated heterocycles. The highest BCUT2D eigenvalue weighted by atomic mass is 32.3. The molecule has 0 unspecified atom stereocenters. The highest BCUT2D eigenvalue weighted by molar-refractivity contribution is 7.79. The maximum Gasteiger partial charge on any atom is 0.394 e. The second-order valence-electron chi connectivity index (χ2n) is 2.84. The molecule has 0 spiro atoms. The van der Waals surface area contributed by atoms with E-state index in [0.29, 0.717) is 6.61 Å². The second-order valence-corrected chi connectivity index (χ2v) is 3.74. The smallest absolute Gasteiger partial charge is 0.394 e. The second kappa shape index (κ2) is 11.9. The molecule has 15 heavy (non-hydrogen) atoms. The van der Waals surface area contributed by atoms with E-state index in [4.69, 9.17) is 27.4 Å². The van der Waals surface area contributed by atoms with Gasteiger partial charge in [-0.1, -0.05) is 26.2 Å². The normalized spacial score (nSPS) is 10.7. The van der Waals surface area contributed by atoms with Crippen molar-refractivity contribution in [2.75, 3.05) is 19.8 Å². The van der Waals surface area contributed by atoms with Crippen LogP contribution in [0.15, 0.2) is 0 Å². The molecule has 0 heterocycles. The molecule has 0 radical (unpaired) electrons. The summed E-state index contributed by atoms with van der Waals surface area (Å²) in [5.74, 6) is 0. The maximum atomic E-state index is 8.74. The van der Waals surface area contributed by atoms with Crippen LogP contribution in [0.5, 0.6) is 0 Å². The van der Waals surface area contributed by atoms with Gasteiger partial charge in [0.1, 0.15) is 0 Å². The Morgan fingerprint density at radius 2 is 1.60 bits per heavy atom. The molecule has 0 aromatic carbocycles. The number of unbranched alkanes of at least 4 members (excludes halogenated alkanes) is 3. The van der Waals surface area contributed by atoms with Crippen LogP contribution in [0.1, 0.15) is 32.6 Å². The summed E-state index contributed by atoms with van der Waals surface area (Å²) in [5.41, 5.74) is 0. The van der Waals surface area contributed by atoms with Crippen LogP contribution in [0, 0.1) is 0 Å². The first kappa shape index (κ1) is 17.2. The van der Waals surface area contributed by atoms with Gasteiger partial charge in [-0.15, -0.1) is 0 Å². The van der Waals surface area contributed by atoms with Crippen molar-refractivity contribution in [3.05, 3.63) is 0 Å². The Labute approximate surface area is 90.8 Å². The Kier molecular flexibility index (Phi) is 13.6. The molecular weight excluding hydrogens is 224 g/mol. The molecule has 0 atom stereocenters. The van der Waals surface area contributed by atoms with Crippen molar-refractivity contribution in [2.24, 2.45) is 0 Å². The van der Waals surface area contributed by atoms with Crippen molar-refractivity contribution >= 4 is 10.4 Å². The van der Waals surface area contributed by atoms with Crippen LogP contribution in [0.4, 0.5) is 0 Å². The number of hydrogen-bond acceptors (Lipinski definition) is 4. The summed E-state index contributed by atoms with van der Waals surface area (Å²) >= 11 is 0. The van der Waals surface area contributed by atoms with E-state index < -0.39 is 10.4 Å². The Bertz CT molecular complexity index is 185. The average Bonchev–Trinajstić information content (AvgIpc) is 2.08. The van der Waals surface area contributed by atoms with Gasteiger partial charge in [0.2, 0.25) is 0 Å². The summed E-state index contributed by atoms with van der Waals surface area (Å²) in [6.45, 7) is 3.63. The number of aliphatic hydroxyl groups excluding tert-OH is 1. The average molecular weight is 244 g/mol. The zero-order valence-corrected chi connectivity index (χ0v) is 9.74. The maximum absolute atomic E-state index is 8.74. The highest BCUT2D eigenvalue weighted by Gasteiger charge is 1.87. The fraction of sp³-hybridized carbons (Fsp3) is 1.00. The van der Waals surface area contributed by atoms with Crippen LogP contribution in [0.2, 0.25) is 0 Å². The summed E-state index contributed by atoms with van der Waals surface area (Å²) in [4.78, 5) is 0. The summed E-state index contributed by atoms with van der Waals surface area (Å²) in [7, 11) is -4.67. The Hall–Kier alpha value is -0.210. The quantitative estimate of drug-likeness (QED) is 0.454. The molecule has 94 valence electrons. The van der Waals surface area contributed by atoms with Gasteiger partial charge < -0.3 is 9.84 Å². The van der Waals surface area contributed by atoms with Crippen molar-refractivity contribution in [2.45, 2.75) is 32.6 Å². The Morgan fingerprint density at radius 3 is 2.00 bits per heavy atom. The van der Waals surface area contributed by atoms with E-state index >= 15 is 0 Å². The van der Waals surface area contributed by atoms with E-state index in [1.54, 1.807) is 0 Å². The zero-order valence-electron chi connectivity index (χ0n) is 8.92. The third-order valence-electron chi connectivity index (χ3n) is 1.38. The van der Waals surface area contributed by atoms with Gasteiger partial charge in [0.05, 0.1) is 13.2 Å². The van der Waals surface area contributed by atoms with Gasteiger partial charge in [0.25, 0.3) is 0 Å². The molecule has 3 N–H and O–H groups in total. The van der Waals surface area contributed by atoms with Crippen molar-refractivity contribution in [1.29, 1.82) is 0 Å². The van der Waals surface area contributed by atoms with E-state index in [1.165, 1.54) is 19.3 Å². The van der Waals surface area contributed by atoms with Crippen molar-refractivity contribution in [3.63, 3.8) is 0 Å². The first-order valence-electron chi connectivity index (χ1n) is 4.80. The molecule has 0 aromatic rings. The van der Waals surface area contributed by atoms with Gasteiger partial charge >= 0.3 is 10.4 Å². The molecule has 0 rings (SSSR count). The minimum Gasteiger partial charge on any atom is -0.394 e. The van der Waals surface area contributed by atoms with Crippen molar-refractivity contribution < 1.29 is 27.4 Å². The van der Waals surface area contributed by atoms with Gasteiger partial charge in [-0.3, -0.25) is 9.11 Å². The number of rotatable bonds is 7. The number of hydrogen-bond donors (Lipinski definition) is 3. The van der Waals surface area contributed by atoms with Crippen LogP contribution in [0.25, 0.3) is 0 Å². The first-order chi connectivity index (χ1) is 6.91. The molecule has 0 aromatic heterocycles. The molecule has 0 aliphatic carbocycles. The minimum atomic E-state index is -4.67. The Morgan fingerprint density at radius 1 is 1.07 bits per heavy atom. The highest BCUT2D eigenvalue weighted by Crippen LogP contribution is 1.98. The van der Waals surface area contributed by atoms with Crippen LogP contribution in [-0.2, 0) is 15.1 Å². The van der Waals surface area contributed by atoms with E-state index in [9.17, 15) is 0 Å². The lowest BCUT2D eigenvalue weighted by molar-refractivity contribution is 0.0896. The van der Waals surface area contributed by atoms with Crippen LogP contribution < -0.4 is 0 Å². The van der Waals surface area contributed by atoms with Gasteiger partial charge in [-0.05, 0) is 6.42 Å². The molecular formula is C8H20O6S. The summed E-state index contributed by atoms with van der Waals surface area (Å²) < 4.78 is 36.7. The van der Waals surface area contributed by atoms with E-state index in [2.05, 4.69) is 6.92 Å². The van der Waals surface area contributed by atoms with Crippen molar-refractivity contribution in [1.82, 2.24) is 0 Å². The van der Waals surface area contributed by atoms with E-state index in [1.807, 2.05) is 0 Å². The monoisotopic (exact) mass is 244 g/mol. The van der Waals surface area contributed by atoms with Crippen LogP contribution >= 0.6 is 0 Å². The van der Waals surface area contributed by atoms with E-state index in [0.717, 1.165) is 13.0 Å². The molecule has 7 heteroatoms. The van der Waals surface area contributed by atoms with Gasteiger partial charge in [0.15, 0.2) is 0 Å². The molecule has 6 nitrogen and oxygen atoms in total. The van der Waals surface area contributed by atoms with Crippen molar-refractivity contribution in [3.8, 4) is 0 Å². The molecule has 0 fully saturated rings. The molecule has 0 amide bonds. The number of aliphatic hydroxyl groups is 1. The zero-order chi connectivity index (χ0) is 12.2. The fourth-order valence-corrected chi connectivity index (χ4v) is 0.798. The third kappa shape index (κ3) is 41.6. The number of ether oxygens (including phenoxy) is 1. The summed E-state index contributed by atoms with van der Waals surface area (Å²) in [5, 5.41) is 8.34. The van der Waals surface area contributed by atoms with Gasteiger partial charge in [0, 0.05) is 6.61 Å². The van der Waals surface area contributed by atoms with E-state index in [-0.39, 0.29) is 6.61 Å². The molecule has 0 bridgehead atoms. The summed E-state index contributed by atoms with van der Waals surface area (Å²) in [6, 6.07) is 0. The molecule has 0 aliphatic rings. The topological polar surface area (TPSA) is 104 Å². The lowest BCUT2D eigenvalue weighted by Gasteiger charge is -2.00. The van der Waals surface area contributed by atoms with Gasteiger partial charge in [-0.25, -0.2) is 0 Å². The third-order valence-corrected chi connectivity index (χ3v) is 1.38. The molecule has 0 saturated carbocycles. The predicted octanol–water partition coefficient (Wildman–Crippen LogP) is 0.923. The first-order valence-corrected chi connectivity index (χ1v) is 6.20. The fourth-order valence-electron chi connectivity index (χ4n) is 0.798. The van der Waals surface area contributed by atoms with Gasteiger partial charge in [-0.2, -0.15) is 8.42 Å². The SMILES string of the molecule is CCCCCCOCCO.O=S(=O)(O)O. The summed E-state index contributed by atoms with van der Waals surface area (Å²) in [6.07, 6.45) is 4.94. The Balaban J connectivity index is 0.